The highest BCUT2D eigenvalue weighted by Gasteiger charge is 2.11. The fraction of sp³-hybridized carbons (Fsp3) is 0.409. The number of nitrogens with zero attached hydrogens (tertiary/aromatic N) is 1. The summed E-state index contributed by atoms with van der Waals surface area (Å²) < 4.78 is 0. The smallest absolute Gasteiger partial charge is 0.230 e. The second-order valence-electron chi connectivity index (χ2n) is 7.11. The molecule has 26 heavy (non-hydrogen) atoms. The van der Waals surface area contributed by atoms with Crippen molar-refractivity contribution in [1.82, 2.24) is 10.2 Å². The van der Waals surface area contributed by atoms with Crippen molar-refractivity contribution in [3.8, 4) is 0 Å². The van der Waals surface area contributed by atoms with Crippen LogP contribution in [0.15, 0.2) is 47.4 Å². The lowest BCUT2D eigenvalue weighted by Crippen LogP contribution is -2.24. The lowest BCUT2D eigenvalue weighted by atomic mass is 10.1. The first-order valence-corrected chi connectivity index (χ1v) is 10.4. The van der Waals surface area contributed by atoms with Gasteiger partial charge in [-0.05, 0) is 74.2 Å². The highest BCUT2D eigenvalue weighted by atomic mass is 32.2. The van der Waals surface area contributed by atoms with Crippen LogP contribution in [0.2, 0.25) is 0 Å². The molecule has 0 unspecified atom stereocenters. The average molecular weight is 369 g/mol. The second kappa shape index (κ2) is 9.24. The summed E-state index contributed by atoms with van der Waals surface area (Å²) in [7, 11) is 0. The van der Waals surface area contributed by atoms with Crippen LogP contribution in [-0.4, -0.2) is 29.6 Å². The summed E-state index contributed by atoms with van der Waals surface area (Å²) in [5.41, 5.74) is 5.06. The molecule has 2 aromatic rings. The van der Waals surface area contributed by atoms with Crippen LogP contribution in [0.1, 0.15) is 35.1 Å². The fourth-order valence-corrected chi connectivity index (χ4v) is 3.99. The van der Waals surface area contributed by atoms with E-state index in [2.05, 4.69) is 66.5 Å². The number of nitrogens with one attached hydrogen (secondary N) is 1. The van der Waals surface area contributed by atoms with Crippen LogP contribution in [0.3, 0.4) is 0 Å². The van der Waals surface area contributed by atoms with Gasteiger partial charge in [0.25, 0.3) is 0 Å². The molecule has 1 fully saturated rings. The van der Waals surface area contributed by atoms with Crippen molar-refractivity contribution in [3.63, 3.8) is 0 Å². The zero-order chi connectivity index (χ0) is 18.4. The Labute approximate surface area is 161 Å². The number of benzene rings is 2. The molecule has 0 saturated carbocycles. The first-order valence-electron chi connectivity index (χ1n) is 9.37. The molecule has 0 atom stereocenters. The molecule has 0 aliphatic carbocycles. The van der Waals surface area contributed by atoms with Gasteiger partial charge in [0.1, 0.15) is 0 Å². The third-order valence-electron chi connectivity index (χ3n) is 4.97. The van der Waals surface area contributed by atoms with Crippen LogP contribution >= 0.6 is 11.8 Å². The van der Waals surface area contributed by atoms with Crippen LogP contribution in [-0.2, 0) is 17.9 Å². The van der Waals surface area contributed by atoms with Gasteiger partial charge in [0.2, 0.25) is 5.91 Å². The van der Waals surface area contributed by atoms with Crippen molar-refractivity contribution in [2.24, 2.45) is 0 Å². The van der Waals surface area contributed by atoms with Gasteiger partial charge in [0, 0.05) is 18.0 Å². The molecule has 3 nitrogen and oxygen atoms in total. The van der Waals surface area contributed by atoms with E-state index in [1.165, 1.54) is 42.6 Å². The normalized spacial score (nSPS) is 14.5. The summed E-state index contributed by atoms with van der Waals surface area (Å²) in [6.45, 7) is 8.28. The predicted molar refractivity (Wildman–Crippen MR) is 109 cm³/mol. The Kier molecular flexibility index (Phi) is 6.75. The number of carbonyl (C=O) groups excluding carboxylic acids is 1. The van der Waals surface area contributed by atoms with Gasteiger partial charge in [0.05, 0.1) is 5.75 Å². The minimum atomic E-state index is 0.0781. The van der Waals surface area contributed by atoms with Crippen molar-refractivity contribution >= 4 is 17.7 Å². The zero-order valence-electron chi connectivity index (χ0n) is 15.8. The number of hydrogen-bond acceptors (Lipinski definition) is 3. The second-order valence-corrected chi connectivity index (χ2v) is 8.16. The number of hydrogen-bond donors (Lipinski definition) is 1. The molecule has 0 radical (unpaired) electrons. The minimum absolute atomic E-state index is 0.0781. The zero-order valence-corrected chi connectivity index (χ0v) is 16.6. The maximum absolute atomic E-state index is 12.1. The molecule has 0 aromatic heterocycles. The molecule has 1 N–H and O–H groups in total. The Morgan fingerprint density at radius 3 is 2.38 bits per heavy atom. The fourth-order valence-electron chi connectivity index (χ4n) is 3.17. The molecule has 138 valence electrons. The largest absolute Gasteiger partial charge is 0.351 e. The average Bonchev–Trinajstić information content (AvgIpc) is 3.15. The highest BCUT2D eigenvalue weighted by Crippen LogP contribution is 2.20. The summed E-state index contributed by atoms with van der Waals surface area (Å²) in [4.78, 5) is 15.7. The van der Waals surface area contributed by atoms with E-state index in [1.807, 2.05) is 0 Å². The quantitative estimate of drug-likeness (QED) is 0.739. The Bertz CT molecular complexity index is 736. The van der Waals surface area contributed by atoms with Crippen molar-refractivity contribution in [2.45, 2.75) is 44.7 Å². The van der Waals surface area contributed by atoms with Crippen molar-refractivity contribution in [3.05, 3.63) is 64.7 Å². The molecule has 2 aromatic carbocycles. The van der Waals surface area contributed by atoms with Gasteiger partial charge in [0.15, 0.2) is 0 Å². The molecule has 1 heterocycles. The van der Waals surface area contributed by atoms with E-state index < -0.39 is 0 Å². The Balaban J connectivity index is 1.41. The molecule has 0 spiro atoms. The summed E-state index contributed by atoms with van der Waals surface area (Å²) in [5.74, 6) is 0.532. The van der Waals surface area contributed by atoms with Gasteiger partial charge in [-0.3, -0.25) is 9.69 Å². The molecule has 0 bridgehead atoms. The van der Waals surface area contributed by atoms with E-state index in [9.17, 15) is 4.79 Å². The topological polar surface area (TPSA) is 32.3 Å². The number of thioether (sulfide) groups is 1. The van der Waals surface area contributed by atoms with Gasteiger partial charge in [-0.1, -0.05) is 30.3 Å². The third kappa shape index (κ3) is 5.61. The first-order chi connectivity index (χ1) is 12.6. The third-order valence-corrected chi connectivity index (χ3v) is 5.96. The van der Waals surface area contributed by atoms with Crippen LogP contribution in [0.5, 0.6) is 0 Å². The molecular weight excluding hydrogens is 340 g/mol. The first kappa shape index (κ1) is 19.0. The predicted octanol–water partition coefficient (Wildman–Crippen LogP) is 4.31. The van der Waals surface area contributed by atoms with Crippen LogP contribution < -0.4 is 5.32 Å². The molecule has 1 amide bonds. The van der Waals surface area contributed by atoms with Crippen molar-refractivity contribution in [2.75, 3.05) is 18.8 Å². The van der Waals surface area contributed by atoms with Gasteiger partial charge >= 0.3 is 0 Å². The molecule has 3 rings (SSSR count). The number of carbonyl (C=O) groups is 1. The lowest BCUT2D eigenvalue weighted by Gasteiger charge is -2.14. The van der Waals surface area contributed by atoms with Gasteiger partial charge in [-0.25, -0.2) is 0 Å². The molecule has 1 saturated heterocycles. The number of amides is 1. The summed E-state index contributed by atoms with van der Waals surface area (Å²) in [5, 5.41) is 3.02. The standard InChI is InChI=1S/C22H28N2OS/c1-17-5-10-21(13-18(17)2)26-16-22(25)23-14-19-6-8-20(9-7-19)15-24-11-3-4-12-24/h5-10,13H,3-4,11-12,14-16H2,1-2H3,(H,23,25). The van der Waals surface area contributed by atoms with Gasteiger partial charge in [-0.2, -0.15) is 0 Å². The van der Waals surface area contributed by atoms with Crippen molar-refractivity contribution in [1.29, 1.82) is 0 Å². The Morgan fingerprint density at radius 1 is 1.00 bits per heavy atom. The SMILES string of the molecule is Cc1ccc(SCC(=O)NCc2ccc(CN3CCCC3)cc2)cc1C. The van der Waals surface area contributed by atoms with E-state index in [0.29, 0.717) is 12.3 Å². The van der Waals surface area contributed by atoms with E-state index in [4.69, 9.17) is 0 Å². The summed E-state index contributed by atoms with van der Waals surface area (Å²) in [6, 6.07) is 15.0. The van der Waals surface area contributed by atoms with E-state index in [-0.39, 0.29) is 5.91 Å². The summed E-state index contributed by atoms with van der Waals surface area (Å²) >= 11 is 1.59. The maximum Gasteiger partial charge on any atom is 0.230 e. The van der Waals surface area contributed by atoms with Crippen LogP contribution in [0, 0.1) is 13.8 Å². The number of likely N-dealkylation sites (tertiary alicyclic amines) is 1. The Morgan fingerprint density at radius 2 is 1.69 bits per heavy atom. The lowest BCUT2D eigenvalue weighted by molar-refractivity contribution is -0.118. The van der Waals surface area contributed by atoms with Crippen LogP contribution in [0.4, 0.5) is 0 Å². The van der Waals surface area contributed by atoms with Gasteiger partial charge < -0.3 is 5.32 Å². The minimum Gasteiger partial charge on any atom is -0.351 e. The molecule has 1 aliphatic rings. The number of aryl methyl sites for hydroxylation is 2. The van der Waals surface area contributed by atoms with Crippen molar-refractivity contribution < 1.29 is 4.79 Å². The van der Waals surface area contributed by atoms with E-state index >= 15 is 0 Å². The highest BCUT2D eigenvalue weighted by molar-refractivity contribution is 8.00. The molecular formula is C22H28N2OS. The number of rotatable bonds is 7. The molecule has 1 aliphatic heterocycles. The summed E-state index contributed by atoms with van der Waals surface area (Å²) in [6.07, 6.45) is 2.65. The van der Waals surface area contributed by atoms with E-state index in [0.717, 1.165) is 17.0 Å². The Hall–Kier alpha value is -1.78. The maximum atomic E-state index is 12.1. The molecule has 4 heteroatoms. The van der Waals surface area contributed by atoms with Gasteiger partial charge in [-0.15, -0.1) is 11.8 Å². The van der Waals surface area contributed by atoms with Crippen LogP contribution in [0.25, 0.3) is 0 Å². The monoisotopic (exact) mass is 368 g/mol. The van der Waals surface area contributed by atoms with E-state index in [1.54, 1.807) is 11.8 Å².